The summed E-state index contributed by atoms with van der Waals surface area (Å²) in [6, 6.07) is 0.426. The number of piperazine rings is 1. The molecular formula is C14H20N8O. The number of amides is 1. The number of hydrogen-bond donors (Lipinski definition) is 1. The molecule has 2 aliphatic rings. The van der Waals surface area contributed by atoms with Crippen LogP contribution in [0.1, 0.15) is 12.8 Å². The van der Waals surface area contributed by atoms with Gasteiger partial charge < -0.3 is 10.2 Å². The molecule has 0 bridgehead atoms. The Balaban J connectivity index is 1.39. The number of fused-ring (bicyclic) bond motifs is 1. The van der Waals surface area contributed by atoms with Crippen LogP contribution in [-0.2, 0) is 11.8 Å². The highest BCUT2D eigenvalue weighted by atomic mass is 16.2. The van der Waals surface area contributed by atoms with Crippen molar-refractivity contribution in [2.75, 3.05) is 37.6 Å². The van der Waals surface area contributed by atoms with Crippen molar-refractivity contribution in [2.24, 2.45) is 7.05 Å². The first-order valence-corrected chi connectivity index (χ1v) is 7.98. The van der Waals surface area contributed by atoms with Crippen LogP contribution >= 0.6 is 0 Å². The fraction of sp³-hybridized carbons (Fsp3) is 0.643. The molecule has 122 valence electrons. The van der Waals surface area contributed by atoms with Gasteiger partial charge in [-0.25, -0.2) is 14.6 Å². The standard InChI is InChI=1S/C14H20N8O/c1-20-13-12(18-19-20)14(16-9-15-13)22-6-4-21(5-7-22)8-11(23)17-10-2-3-10/h9-10H,2-8H2,1H3,(H,17,23). The molecule has 0 radical (unpaired) electrons. The molecule has 1 saturated heterocycles. The molecule has 0 aromatic carbocycles. The lowest BCUT2D eigenvalue weighted by molar-refractivity contribution is -0.122. The Bertz CT molecular complexity index is 717. The van der Waals surface area contributed by atoms with Crippen molar-refractivity contribution < 1.29 is 4.79 Å². The van der Waals surface area contributed by atoms with E-state index in [-0.39, 0.29) is 5.91 Å². The lowest BCUT2D eigenvalue weighted by Gasteiger charge is -2.34. The Labute approximate surface area is 133 Å². The fourth-order valence-electron chi connectivity index (χ4n) is 2.89. The summed E-state index contributed by atoms with van der Waals surface area (Å²) in [6.45, 7) is 3.79. The zero-order chi connectivity index (χ0) is 15.8. The molecule has 1 saturated carbocycles. The molecule has 9 heteroatoms. The molecular weight excluding hydrogens is 296 g/mol. The maximum absolute atomic E-state index is 11.9. The highest BCUT2D eigenvalue weighted by molar-refractivity contribution is 5.82. The second-order valence-electron chi connectivity index (χ2n) is 6.19. The molecule has 0 atom stereocenters. The lowest BCUT2D eigenvalue weighted by atomic mass is 10.3. The van der Waals surface area contributed by atoms with Gasteiger partial charge in [0.05, 0.1) is 6.54 Å². The molecule has 1 aliphatic carbocycles. The predicted molar refractivity (Wildman–Crippen MR) is 83.9 cm³/mol. The van der Waals surface area contributed by atoms with Crippen LogP contribution in [-0.4, -0.2) is 74.5 Å². The second-order valence-corrected chi connectivity index (χ2v) is 6.19. The second kappa shape index (κ2) is 5.73. The first-order valence-electron chi connectivity index (χ1n) is 7.98. The van der Waals surface area contributed by atoms with E-state index >= 15 is 0 Å². The van der Waals surface area contributed by atoms with Gasteiger partial charge in [0.15, 0.2) is 17.0 Å². The highest BCUT2D eigenvalue weighted by Crippen LogP contribution is 2.21. The first kappa shape index (κ1) is 14.3. The molecule has 0 unspecified atom stereocenters. The van der Waals surface area contributed by atoms with Crippen LogP contribution < -0.4 is 10.2 Å². The molecule has 2 aromatic heterocycles. The van der Waals surface area contributed by atoms with Crippen molar-refractivity contribution in [2.45, 2.75) is 18.9 Å². The zero-order valence-corrected chi connectivity index (χ0v) is 13.1. The van der Waals surface area contributed by atoms with Gasteiger partial charge in [-0.05, 0) is 12.8 Å². The van der Waals surface area contributed by atoms with Gasteiger partial charge in [0, 0.05) is 39.3 Å². The minimum absolute atomic E-state index is 0.138. The predicted octanol–water partition coefficient (Wildman–Crippen LogP) is -0.841. The van der Waals surface area contributed by atoms with E-state index in [9.17, 15) is 4.79 Å². The average Bonchev–Trinajstić information content (AvgIpc) is 3.29. The molecule has 2 aromatic rings. The van der Waals surface area contributed by atoms with E-state index < -0.39 is 0 Å². The Morgan fingerprint density at radius 1 is 1.26 bits per heavy atom. The monoisotopic (exact) mass is 316 g/mol. The molecule has 1 N–H and O–H groups in total. The number of aryl methyl sites for hydroxylation is 1. The Kier molecular flexibility index (Phi) is 3.56. The zero-order valence-electron chi connectivity index (χ0n) is 13.1. The number of aromatic nitrogens is 5. The topological polar surface area (TPSA) is 92.1 Å². The third-order valence-electron chi connectivity index (χ3n) is 4.35. The first-order chi connectivity index (χ1) is 11.2. The molecule has 23 heavy (non-hydrogen) atoms. The van der Waals surface area contributed by atoms with Gasteiger partial charge in [-0.2, -0.15) is 0 Å². The van der Waals surface area contributed by atoms with Crippen molar-refractivity contribution in [1.29, 1.82) is 0 Å². The number of nitrogens with zero attached hydrogens (tertiary/aromatic N) is 7. The molecule has 3 heterocycles. The van der Waals surface area contributed by atoms with Gasteiger partial charge >= 0.3 is 0 Å². The summed E-state index contributed by atoms with van der Waals surface area (Å²) in [5.41, 5.74) is 1.47. The van der Waals surface area contributed by atoms with Crippen LogP contribution in [0.15, 0.2) is 6.33 Å². The number of carbonyl (C=O) groups is 1. The van der Waals surface area contributed by atoms with E-state index in [2.05, 4.69) is 35.4 Å². The van der Waals surface area contributed by atoms with Gasteiger partial charge in [-0.3, -0.25) is 9.69 Å². The SMILES string of the molecule is Cn1nnc2c(N3CCN(CC(=O)NC4CC4)CC3)ncnc21. The Morgan fingerprint density at radius 2 is 2.04 bits per heavy atom. The summed E-state index contributed by atoms with van der Waals surface area (Å²) in [7, 11) is 1.82. The molecule has 0 spiro atoms. The van der Waals surface area contributed by atoms with E-state index in [4.69, 9.17) is 0 Å². The summed E-state index contributed by atoms with van der Waals surface area (Å²) in [5.74, 6) is 0.962. The van der Waals surface area contributed by atoms with Crippen LogP contribution in [0.3, 0.4) is 0 Å². The van der Waals surface area contributed by atoms with Crippen LogP contribution in [0, 0.1) is 0 Å². The van der Waals surface area contributed by atoms with Crippen LogP contribution in [0.4, 0.5) is 5.82 Å². The van der Waals surface area contributed by atoms with Crippen molar-refractivity contribution in [3.05, 3.63) is 6.33 Å². The quantitative estimate of drug-likeness (QED) is 0.786. The van der Waals surface area contributed by atoms with E-state index in [1.807, 2.05) is 7.05 Å². The summed E-state index contributed by atoms with van der Waals surface area (Å²) < 4.78 is 1.65. The van der Waals surface area contributed by atoms with Crippen LogP contribution in [0.5, 0.6) is 0 Å². The molecule has 9 nitrogen and oxygen atoms in total. The van der Waals surface area contributed by atoms with E-state index in [0.717, 1.165) is 56.0 Å². The van der Waals surface area contributed by atoms with Gasteiger partial charge in [0.2, 0.25) is 5.91 Å². The summed E-state index contributed by atoms with van der Waals surface area (Å²) in [6.07, 6.45) is 3.80. The summed E-state index contributed by atoms with van der Waals surface area (Å²) in [4.78, 5) is 24.9. The lowest BCUT2D eigenvalue weighted by Crippen LogP contribution is -2.50. The smallest absolute Gasteiger partial charge is 0.234 e. The number of nitrogens with one attached hydrogen (secondary N) is 1. The Hall–Kier alpha value is -2.29. The summed E-state index contributed by atoms with van der Waals surface area (Å²) in [5, 5.41) is 11.2. The molecule has 2 fully saturated rings. The fourth-order valence-corrected chi connectivity index (χ4v) is 2.89. The van der Waals surface area contributed by atoms with Crippen molar-refractivity contribution >= 4 is 22.9 Å². The number of rotatable bonds is 4. The van der Waals surface area contributed by atoms with Gasteiger partial charge in [0.25, 0.3) is 0 Å². The minimum atomic E-state index is 0.138. The third-order valence-corrected chi connectivity index (χ3v) is 4.35. The Morgan fingerprint density at radius 3 is 2.78 bits per heavy atom. The minimum Gasteiger partial charge on any atom is -0.352 e. The van der Waals surface area contributed by atoms with Crippen molar-refractivity contribution in [3.8, 4) is 0 Å². The van der Waals surface area contributed by atoms with Crippen LogP contribution in [0.2, 0.25) is 0 Å². The number of carbonyl (C=O) groups excluding carboxylic acids is 1. The van der Waals surface area contributed by atoms with E-state index in [1.165, 1.54) is 0 Å². The largest absolute Gasteiger partial charge is 0.352 e. The van der Waals surface area contributed by atoms with Gasteiger partial charge in [-0.15, -0.1) is 5.10 Å². The summed E-state index contributed by atoms with van der Waals surface area (Å²) >= 11 is 0. The number of hydrogen-bond acceptors (Lipinski definition) is 7. The third kappa shape index (κ3) is 2.96. The highest BCUT2D eigenvalue weighted by Gasteiger charge is 2.26. The normalized spacial score (nSPS) is 19.3. The maximum Gasteiger partial charge on any atom is 0.234 e. The molecule has 4 rings (SSSR count). The van der Waals surface area contributed by atoms with E-state index in [1.54, 1.807) is 11.0 Å². The van der Waals surface area contributed by atoms with Crippen molar-refractivity contribution in [3.63, 3.8) is 0 Å². The maximum atomic E-state index is 11.9. The van der Waals surface area contributed by atoms with Gasteiger partial charge in [0.1, 0.15) is 6.33 Å². The molecule has 1 aliphatic heterocycles. The number of anilines is 1. The average molecular weight is 316 g/mol. The van der Waals surface area contributed by atoms with Gasteiger partial charge in [-0.1, -0.05) is 5.21 Å². The van der Waals surface area contributed by atoms with Crippen LogP contribution in [0.25, 0.3) is 11.2 Å². The van der Waals surface area contributed by atoms with Crippen molar-refractivity contribution in [1.82, 2.24) is 35.2 Å². The molecule has 1 amide bonds. The van der Waals surface area contributed by atoms with E-state index in [0.29, 0.717) is 12.6 Å².